The smallest absolute Gasteiger partial charge is 0.233 e. The van der Waals surface area contributed by atoms with Crippen LogP contribution in [-0.2, 0) is 10.2 Å². The highest BCUT2D eigenvalue weighted by molar-refractivity contribution is 5.89. The maximum atomic E-state index is 12.9. The molecule has 1 N–H and O–H groups in total. The van der Waals surface area contributed by atoms with Gasteiger partial charge in [0.1, 0.15) is 5.75 Å². The van der Waals surface area contributed by atoms with Crippen LogP contribution in [0.1, 0.15) is 24.8 Å². The number of amides is 1. The van der Waals surface area contributed by atoms with Gasteiger partial charge >= 0.3 is 0 Å². The molecule has 0 bridgehead atoms. The standard InChI is InChI=1S/C16H22N2O2/c1-20-14-5-3-13(4-6-14)16(7-2-8-16)15(19)18-11-9-17-10-12-18/h3-6,17H,2,7-12H2,1H3. The zero-order chi connectivity index (χ0) is 14.0. The van der Waals surface area contributed by atoms with Crippen LogP contribution in [0.4, 0.5) is 0 Å². The molecule has 4 nitrogen and oxygen atoms in total. The fourth-order valence-electron chi connectivity index (χ4n) is 3.24. The van der Waals surface area contributed by atoms with Crippen molar-refractivity contribution >= 4 is 5.91 Å². The molecular formula is C16H22N2O2. The van der Waals surface area contributed by atoms with Crippen molar-refractivity contribution in [2.45, 2.75) is 24.7 Å². The topological polar surface area (TPSA) is 41.6 Å². The van der Waals surface area contributed by atoms with E-state index in [1.165, 1.54) is 0 Å². The largest absolute Gasteiger partial charge is 0.497 e. The highest BCUT2D eigenvalue weighted by Gasteiger charge is 2.47. The number of carbonyl (C=O) groups is 1. The second-order valence-electron chi connectivity index (χ2n) is 5.71. The average Bonchev–Trinajstić information content (AvgIpc) is 2.47. The van der Waals surface area contributed by atoms with Crippen molar-refractivity contribution in [3.05, 3.63) is 29.8 Å². The van der Waals surface area contributed by atoms with Crippen molar-refractivity contribution in [1.82, 2.24) is 10.2 Å². The fourth-order valence-corrected chi connectivity index (χ4v) is 3.24. The minimum absolute atomic E-state index is 0.274. The summed E-state index contributed by atoms with van der Waals surface area (Å²) in [4.78, 5) is 15.0. The summed E-state index contributed by atoms with van der Waals surface area (Å²) in [7, 11) is 1.67. The Bertz CT molecular complexity index is 474. The van der Waals surface area contributed by atoms with Gasteiger partial charge in [0.15, 0.2) is 0 Å². The monoisotopic (exact) mass is 274 g/mol. The van der Waals surface area contributed by atoms with Crippen molar-refractivity contribution in [3.8, 4) is 5.75 Å². The minimum Gasteiger partial charge on any atom is -0.497 e. The van der Waals surface area contributed by atoms with Gasteiger partial charge in [-0.3, -0.25) is 4.79 Å². The summed E-state index contributed by atoms with van der Waals surface area (Å²) >= 11 is 0. The lowest BCUT2D eigenvalue weighted by atomic mass is 9.63. The first-order chi connectivity index (χ1) is 9.76. The van der Waals surface area contributed by atoms with Crippen molar-refractivity contribution in [3.63, 3.8) is 0 Å². The lowest BCUT2D eigenvalue weighted by Crippen LogP contribution is -2.56. The number of hydrogen-bond acceptors (Lipinski definition) is 3. The van der Waals surface area contributed by atoms with Gasteiger partial charge in [0.05, 0.1) is 12.5 Å². The first-order valence-electron chi connectivity index (χ1n) is 7.41. The normalized spacial score (nSPS) is 21.1. The SMILES string of the molecule is COc1ccc(C2(C(=O)N3CCNCC3)CCC2)cc1. The molecule has 1 saturated carbocycles. The molecule has 1 amide bonds. The molecule has 3 rings (SSSR count). The highest BCUT2D eigenvalue weighted by atomic mass is 16.5. The number of nitrogens with one attached hydrogen (secondary N) is 1. The van der Waals surface area contributed by atoms with E-state index < -0.39 is 0 Å². The minimum atomic E-state index is -0.274. The van der Waals surface area contributed by atoms with Gasteiger partial charge in [0.25, 0.3) is 0 Å². The van der Waals surface area contributed by atoms with Gasteiger partial charge in [0, 0.05) is 26.2 Å². The van der Waals surface area contributed by atoms with Crippen molar-refractivity contribution < 1.29 is 9.53 Å². The third-order valence-corrected chi connectivity index (χ3v) is 4.66. The van der Waals surface area contributed by atoms with E-state index in [-0.39, 0.29) is 5.41 Å². The summed E-state index contributed by atoms with van der Waals surface area (Å²) in [5, 5.41) is 3.30. The van der Waals surface area contributed by atoms with Crippen LogP contribution >= 0.6 is 0 Å². The summed E-state index contributed by atoms with van der Waals surface area (Å²) in [6.45, 7) is 3.47. The number of carbonyl (C=O) groups excluding carboxylic acids is 1. The Balaban J connectivity index is 1.83. The van der Waals surface area contributed by atoms with Crippen LogP contribution in [0, 0.1) is 0 Å². The second kappa shape index (κ2) is 5.44. The molecule has 0 radical (unpaired) electrons. The Morgan fingerprint density at radius 2 is 1.85 bits per heavy atom. The maximum absolute atomic E-state index is 12.9. The molecule has 2 aliphatic rings. The first-order valence-corrected chi connectivity index (χ1v) is 7.41. The van der Waals surface area contributed by atoms with Crippen LogP contribution in [0.25, 0.3) is 0 Å². The molecule has 1 aliphatic carbocycles. The Morgan fingerprint density at radius 1 is 1.20 bits per heavy atom. The molecule has 1 aliphatic heterocycles. The number of nitrogens with zero attached hydrogens (tertiary/aromatic N) is 1. The molecule has 108 valence electrons. The predicted octanol–water partition coefficient (Wildman–Crippen LogP) is 1.55. The molecular weight excluding hydrogens is 252 g/mol. The summed E-state index contributed by atoms with van der Waals surface area (Å²) in [6, 6.07) is 8.02. The number of rotatable bonds is 3. The van der Waals surface area contributed by atoms with Crippen molar-refractivity contribution in [2.75, 3.05) is 33.3 Å². The summed E-state index contributed by atoms with van der Waals surface area (Å²) in [5.74, 6) is 1.16. The molecule has 1 aromatic carbocycles. The van der Waals surface area contributed by atoms with E-state index >= 15 is 0 Å². The molecule has 1 saturated heterocycles. The molecule has 20 heavy (non-hydrogen) atoms. The average molecular weight is 274 g/mol. The molecule has 2 fully saturated rings. The number of hydrogen-bond donors (Lipinski definition) is 1. The third kappa shape index (κ3) is 2.18. The van der Waals surface area contributed by atoms with Crippen LogP contribution in [0.2, 0.25) is 0 Å². The predicted molar refractivity (Wildman–Crippen MR) is 78.0 cm³/mol. The van der Waals surface area contributed by atoms with E-state index in [0.717, 1.165) is 56.8 Å². The lowest BCUT2D eigenvalue weighted by Gasteiger charge is -2.45. The Hall–Kier alpha value is -1.55. The van der Waals surface area contributed by atoms with E-state index in [2.05, 4.69) is 17.4 Å². The summed E-state index contributed by atoms with van der Waals surface area (Å²) < 4.78 is 5.21. The van der Waals surface area contributed by atoms with Crippen LogP contribution in [0.3, 0.4) is 0 Å². The highest BCUT2D eigenvalue weighted by Crippen LogP contribution is 2.45. The Labute approximate surface area is 120 Å². The van der Waals surface area contributed by atoms with Gasteiger partial charge in [-0.1, -0.05) is 18.6 Å². The Morgan fingerprint density at radius 3 is 2.35 bits per heavy atom. The van der Waals surface area contributed by atoms with Gasteiger partial charge in [-0.25, -0.2) is 0 Å². The summed E-state index contributed by atoms with van der Waals surface area (Å²) in [5.41, 5.74) is 0.872. The quantitative estimate of drug-likeness (QED) is 0.909. The number of benzene rings is 1. The second-order valence-corrected chi connectivity index (χ2v) is 5.71. The fraction of sp³-hybridized carbons (Fsp3) is 0.562. The van der Waals surface area contributed by atoms with E-state index in [0.29, 0.717) is 5.91 Å². The van der Waals surface area contributed by atoms with Crippen LogP contribution in [0.15, 0.2) is 24.3 Å². The number of methoxy groups -OCH3 is 1. The van der Waals surface area contributed by atoms with Gasteiger partial charge < -0.3 is 15.0 Å². The summed E-state index contributed by atoms with van der Waals surface area (Å²) in [6.07, 6.45) is 3.09. The molecule has 4 heteroatoms. The molecule has 0 spiro atoms. The van der Waals surface area contributed by atoms with Crippen molar-refractivity contribution in [2.24, 2.45) is 0 Å². The molecule has 0 atom stereocenters. The maximum Gasteiger partial charge on any atom is 0.233 e. The van der Waals surface area contributed by atoms with Gasteiger partial charge in [-0.15, -0.1) is 0 Å². The van der Waals surface area contributed by atoms with Gasteiger partial charge in [0.2, 0.25) is 5.91 Å². The number of piperazine rings is 1. The molecule has 0 aromatic heterocycles. The Kier molecular flexibility index (Phi) is 3.66. The van der Waals surface area contributed by atoms with E-state index in [1.54, 1.807) is 7.11 Å². The first kappa shape index (κ1) is 13.4. The number of ether oxygens (including phenoxy) is 1. The zero-order valence-electron chi connectivity index (χ0n) is 12.0. The van der Waals surface area contributed by atoms with Gasteiger partial charge in [-0.05, 0) is 30.5 Å². The molecule has 0 unspecified atom stereocenters. The third-order valence-electron chi connectivity index (χ3n) is 4.66. The van der Waals surface area contributed by atoms with Crippen LogP contribution in [-0.4, -0.2) is 44.1 Å². The zero-order valence-corrected chi connectivity index (χ0v) is 12.0. The van der Waals surface area contributed by atoms with Crippen LogP contribution in [0.5, 0.6) is 5.75 Å². The lowest BCUT2D eigenvalue weighted by molar-refractivity contribution is -0.141. The molecule has 1 aromatic rings. The van der Waals surface area contributed by atoms with Crippen molar-refractivity contribution in [1.29, 1.82) is 0 Å². The van der Waals surface area contributed by atoms with Crippen LogP contribution < -0.4 is 10.1 Å². The van der Waals surface area contributed by atoms with E-state index in [1.807, 2.05) is 17.0 Å². The van der Waals surface area contributed by atoms with Gasteiger partial charge in [-0.2, -0.15) is 0 Å². The van der Waals surface area contributed by atoms with E-state index in [4.69, 9.17) is 4.74 Å². The molecule has 1 heterocycles. The van der Waals surface area contributed by atoms with E-state index in [9.17, 15) is 4.79 Å².